The summed E-state index contributed by atoms with van der Waals surface area (Å²) in [7, 11) is 0. The molecule has 3 rings (SSSR count). The summed E-state index contributed by atoms with van der Waals surface area (Å²) in [5.74, 6) is -0.107. The number of hydrogen-bond donors (Lipinski definition) is 1. The number of nitrogens with zero attached hydrogens (tertiary/aromatic N) is 1. The molecule has 0 unspecified atom stereocenters. The van der Waals surface area contributed by atoms with E-state index >= 15 is 0 Å². The zero-order chi connectivity index (χ0) is 18.8. The standard InChI is InChI=1S/C22H24N2O2/c1-14(2)16-9-5-7-11-18(16)23-19-13-21(25)24(22(19)26)20-12-8-6-10-17(20)15(3)4/h5-15,23H,1-4H3. The number of rotatable bonds is 5. The molecule has 26 heavy (non-hydrogen) atoms. The molecule has 0 saturated heterocycles. The summed E-state index contributed by atoms with van der Waals surface area (Å²) in [5, 5.41) is 3.17. The van der Waals surface area contributed by atoms with Crippen molar-refractivity contribution in [1.29, 1.82) is 0 Å². The zero-order valence-corrected chi connectivity index (χ0v) is 15.6. The minimum absolute atomic E-state index is 0.213. The van der Waals surface area contributed by atoms with Gasteiger partial charge in [-0.3, -0.25) is 9.59 Å². The van der Waals surface area contributed by atoms with E-state index < -0.39 is 0 Å². The highest BCUT2D eigenvalue weighted by Gasteiger charge is 2.34. The molecule has 0 bridgehead atoms. The number of para-hydroxylation sites is 2. The number of hydrogen-bond acceptors (Lipinski definition) is 3. The predicted molar refractivity (Wildman–Crippen MR) is 105 cm³/mol. The lowest BCUT2D eigenvalue weighted by atomic mass is 10.0. The topological polar surface area (TPSA) is 49.4 Å². The van der Waals surface area contributed by atoms with E-state index in [2.05, 4.69) is 33.0 Å². The number of anilines is 2. The van der Waals surface area contributed by atoms with Crippen LogP contribution in [0.15, 0.2) is 60.3 Å². The fourth-order valence-electron chi connectivity index (χ4n) is 3.23. The minimum atomic E-state index is -0.318. The van der Waals surface area contributed by atoms with Crippen LogP contribution in [-0.4, -0.2) is 11.8 Å². The molecule has 1 aliphatic heterocycles. The van der Waals surface area contributed by atoms with Crippen molar-refractivity contribution in [3.63, 3.8) is 0 Å². The fraction of sp³-hybridized carbons (Fsp3) is 0.273. The summed E-state index contributed by atoms with van der Waals surface area (Å²) < 4.78 is 0. The Morgan fingerprint density at radius 2 is 1.38 bits per heavy atom. The van der Waals surface area contributed by atoms with Gasteiger partial charge in [0.05, 0.1) is 5.69 Å². The van der Waals surface area contributed by atoms with Gasteiger partial charge in [0.2, 0.25) is 0 Å². The molecule has 0 radical (unpaired) electrons. The largest absolute Gasteiger partial charge is 0.351 e. The Balaban J connectivity index is 1.92. The van der Waals surface area contributed by atoms with Crippen LogP contribution < -0.4 is 10.2 Å². The molecular weight excluding hydrogens is 324 g/mol. The first-order valence-electron chi connectivity index (χ1n) is 8.95. The maximum absolute atomic E-state index is 13.0. The van der Waals surface area contributed by atoms with Crippen molar-refractivity contribution in [3.8, 4) is 0 Å². The summed E-state index contributed by atoms with van der Waals surface area (Å²) in [6, 6.07) is 15.4. The predicted octanol–water partition coefficient (Wildman–Crippen LogP) is 4.80. The average molecular weight is 348 g/mol. The normalized spacial score (nSPS) is 14.4. The third-order valence-electron chi connectivity index (χ3n) is 4.57. The Kier molecular flexibility index (Phi) is 4.94. The first-order chi connectivity index (χ1) is 12.4. The van der Waals surface area contributed by atoms with E-state index in [0.717, 1.165) is 16.8 Å². The number of carbonyl (C=O) groups excluding carboxylic acids is 2. The van der Waals surface area contributed by atoms with E-state index in [0.29, 0.717) is 17.3 Å². The maximum Gasteiger partial charge on any atom is 0.281 e. The molecule has 4 nitrogen and oxygen atoms in total. The van der Waals surface area contributed by atoms with E-state index in [1.54, 1.807) is 0 Å². The number of imide groups is 1. The third kappa shape index (κ3) is 3.27. The maximum atomic E-state index is 13.0. The molecule has 2 aromatic carbocycles. The van der Waals surface area contributed by atoms with Crippen LogP contribution in [0.4, 0.5) is 11.4 Å². The lowest BCUT2D eigenvalue weighted by Gasteiger charge is -2.21. The summed E-state index contributed by atoms with van der Waals surface area (Å²) in [4.78, 5) is 26.8. The molecule has 4 heteroatoms. The van der Waals surface area contributed by atoms with Gasteiger partial charge in [-0.1, -0.05) is 64.1 Å². The SMILES string of the molecule is CC(C)c1ccccc1NC1=CC(=O)N(c2ccccc2C(C)C)C1=O. The average Bonchev–Trinajstić information content (AvgIpc) is 2.88. The molecule has 0 atom stereocenters. The summed E-state index contributed by atoms with van der Waals surface area (Å²) in [6.07, 6.45) is 1.39. The van der Waals surface area contributed by atoms with Crippen LogP contribution in [-0.2, 0) is 9.59 Å². The highest BCUT2D eigenvalue weighted by atomic mass is 16.2. The molecule has 1 heterocycles. The Bertz CT molecular complexity index is 881. The van der Waals surface area contributed by atoms with Gasteiger partial charge in [-0.15, -0.1) is 0 Å². The van der Waals surface area contributed by atoms with Crippen LogP contribution in [0.2, 0.25) is 0 Å². The minimum Gasteiger partial charge on any atom is -0.351 e. The Labute approximate surface area is 154 Å². The van der Waals surface area contributed by atoms with E-state index in [1.165, 1.54) is 11.0 Å². The molecule has 134 valence electrons. The first kappa shape index (κ1) is 17.9. The Hall–Kier alpha value is -2.88. The van der Waals surface area contributed by atoms with Crippen molar-refractivity contribution in [3.05, 3.63) is 71.4 Å². The van der Waals surface area contributed by atoms with Gasteiger partial charge in [0.15, 0.2) is 0 Å². The van der Waals surface area contributed by atoms with Gasteiger partial charge in [0.1, 0.15) is 5.70 Å². The van der Waals surface area contributed by atoms with Crippen molar-refractivity contribution >= 4 is 23.2 Å². The van der Waals surface area contributed by atoms with Crippen molar-refractivity contribution < 1.29 is 9.59 Å². The zero-order valence-electron chi connectivity index (χ0n) is 15.6. The quantitative estimate of drug-likeness (QED) is 0.790. The van der Waals surface area contributed by atoms with Gasteiger partial charge in [0.25, 0.3) is 11.8 Å². The first-order valence-corrected chi connectivity index (χ1v) is 8.95. The van der Waals surface area contributed by atoms with Crippen LogP contribution in [0.3, 0.4) is 0 Å². The Morgan fingerprint density at radius 1 is 0.808 bits per heavy atom. The molecule has 0 aliphatic carbocycles. The van der Waals surface area contributed by atoms with Gasteiger partial charge < -0.3 is 5.32 Å². The van der Waals surface area contributed by atoms with Crippen LogP contribution >= 0.6 is 0 Å². The molecular formula is C22H24N2O2. The van der Waals surface area contributed by atoms with Gasteiger partial charge in [-0.2, -0.15) is 0 Å². The summed E-state index contributed by atoms with van der Waals surface area (Å²) >= 11 is 0. The Morgan fingerprint density at radius 3 is 2.04 bits per heavy atom. The fourth-order valence-corrected chi connectivity index (χ4v) is 3.23. The number of benzene rings is 2. The van der Waals surface area contributed by atoms with Gasteiger partial charge in [-0.05, 0) is 35.1 Å². The van der Waals surface area contributed by atoms with Crippen LogP contribution in [0.5, 0.6) is 0 Å². The van der Waals surface area contributed by atoms with Crippen LogP contribution in [0, 0.1) is 0 Å². The summed E-state index contributed by atoms with van der Waals surface area (Å²) in [5.41, 5.74) is 3.90. The lowest BCUT2D eigenvalue weighted by Crippen LogP contribution is -2.33. The van der Waals surface area contributed by atoms with Gasteiger partial charge in [-0.25, -0.2) is 4.90 Å². The molecule has 0 spiro atoms. The third-order valence-corrected chi connectivity index (χ3v) is 4.57. The second kappa shape index (κ2) is 7.16. The molecule has 2 aromatic rings. The number of carbonyl (C=O) groups is 2. The van der Waals surface area contributed by atoms with Crippen LogP contribution in [0.1, 0.15) is 50.7 Å². The van der Waals surface area contributed by atoms with Crippen molar-refractivity contribution in [2.75, 3.05) is 10.2 Å². The molecule has 1 aliphatic rings. The van der Waals surface area contributed by atoms with Crippen molar-refractivity contribution in [2.45, 2.75) is 39.5 Å². The molecule has 0 saturated carbocycles. The van der Waals surface area contributed by atoms with Gasteiger partial charge >= 0.3 is 0 Å². The molecule has 0 aromatic heterocycles. The van der Waals surface area contributed by atoms with E-state index in [-0.39, 0.29) is 17.7 Å². The second-order valence-corrected chi connectivity index (χ2v) is 7.12. The van der Waals surface area contributed by atoms with Crippen molar-refractivity contribution in [1.82, 2.24) is 0 Å². The summed E-state index contributed by atoms with van der Waals surface area (Å²) in [6.45, 7) is 8.30. The molecule has 1 N–H and O–H groups in total. The van der Waals surface area contributed by atoms with Crippen molar-refractivity contribution in [2.24, 2.45) is 0 Å². The molecule has 2 amide bonds. The van der Waals surface area contributed by atoms with E-state index in [1.807, 2.05) is 48.5 Å². The van der Waals surface area contributed by atoms with E-state index in [9.17, 15) is 9.59 Å². The highest BCUT2D eigenvalue weighted by molar-refractivity contribution is 6.31. The molecule has 0 fully saturated rings. The highest BCUT2D eigenvalue weighted by Crippen LogP contribution is 2.32. The number of amides is 2. The second-order valence-electron chi connectivity index (χ2n) is 7.12. The monoisotopic (exact) mass is 348 g/mol. The number of nitrogens with one attached hydrogen (secondary N) is 1. The lowest BCUT2D eigenvalue weighted by molar-refractivity contribution is -0.120. The van der Waals surface area contributed by atoms with E-state index in [4.69, 9.17) is 0 Å². The van der Waals surface area contributed by atoms with Gasteiger partial charge in [0, 0.05) is 11.8 Å². The van der Waals surface area contributed by atoms with Crippen LogP contribution in [0.25, 0.3) is 0 Å². The smallest absolute Gasteiger partial charge is 0.281 e.